The summed E-state index contributed by atoms with van der Waals surface area (Å²) in [6.07, 6.45) is 7.89. The van der Waals surface area contributed by atoms with Crippen molar-refractivity contribution in [3.63, 3.8) is 0 Å². The fourth-order valence-electron chi connectivity index (χ4n) is 3.04. The molecule has 0 bridgehead atoms. The zero-order chi connectivity index (χ0) is 12.3. The topological polar surface area (TPSA) is 39.1 Å². The summed E-state index contributed by atoms with van der Waals surface area (Å²) in [5, 5.41) is 12.6. The second kappa shape index (κ2) is 5.84. The van der Waals surface area contributed by atoms with Crippen molar-refractivity contribution >= 4 is 0 Å². The van der Waals surface area contributed by atoms with Crippen molar-refractivity contribution in [1.29, 1.82) is 5.26 Å². The van der Waals surface area contributed by atoms with Gasteiger partial charge in [-0.1, -0.05) is 19.8 Å². The number of nitrogens with one attached hydrogen (secondary N) is 1. The molecule has 0 aromatic heterocycles. The quantitative estimate of drug-likeness (QED) is 0.793. The average molecular weight is 235 g/mol. The van der Waals surface area contributed by atoms with E-state index in [1.807, 2.05) is 0 Å². The van der Waals surface area contributed by atoms with Crippen LogP contribution in [0.4, 0.5) is 0 Å². The third kappa shape index (κ3) is 3.69. The van der Waals surface area contributed by atoms with Crippen LogP contribution in [0.15, 0.2) is 0 Å². The number of hydrogen-bond acceptors (Lipinski definition) is 3. The number of nitriles is 1. The highest BCUT2D eigenvalue weighted by atomic mass is 15.2. The molecule has 0 heterocycles. The third-order valence-corrected chi connectivity index (χ3v) is 4.27. The van der Waals surface area contributed by atoms with E-state index in [1.54, 1.807) is 0 Å². The van der Waals surface area contributed by atoms with Crippen LogP contribution in [0.1, 0.15) is 45.4 Å². The maximum atomic E-state index is 9.18. The Bertz CT molecular complexity index is 280. The molecule has 3 nitrogen and oxygen atoms in total. The lowest BCUT2D eigenvalue weighted by molar-refractivity contribution is 0.134. The minimum atomic E-state index is 0.0154. The minimum absolute atomic E-state index is 0.0154. The normalized spacial score (nSPS) is 31.2. The smallest absolute Gasteiger partial charge is 0.108 e. The van der Waals surface area contributed by atoms with E-state index >= 15 is 0 Å². The fourth-order valence-corrected chi connectivity index (χ4v) is 3.04. The Morgan fingerprint density at radius 2 is 2.00 bits per heavy atom. The number of hydrogen-bond donors (Lipinski definition) is 1. The first-order valence-electron chi connectivity index (χ1n) is 7.06. The SMILES string of the molecule is CC1CCCCC1N(C)CC(C#N)NC1CC1. The monoisotopic (exact) mass is 235 g/mol. The van der Waals surface area contributed by atoms with Crippen molar-refractivity contribution in [3.05, 3.63) is 0 Å². The van der Waals surface area contributed by atoms with Crippen molar-refractivity contribution in [2.75, 3.05) is 13.6 Å². The minimum Gasteiger partial charge on any atom is -0.301 e. The van der Waals surface area contributed by atoms with Crippen LogP contribution in [-0.2, 0) is 0 Å². The van der Waals surface area contributed by atoms with Gasteiger partial charge in [0.05, 0.1) is 6.07 Å². The molecule has 17 heavy (non-hydrogen) atoms. The van der Waals surface area contributed by atoms with E-state index < -0.39 is 0 Å². The maximum Gasteiger partial charge on any atom is 0.108 e. The van der Waals surface area contributed by atoms with Crippen molar-refractivity contribution in [2.45, 2.75) is 63.6 Å². The third-order valence-electron chi connectivity index (χ3n) is 4.27. The predicted molar refractivity (Wildman–Crippen MR) is 69.6 cm³/mol. The molecule has 2 fully saturated rings. The number of rotatable bonds is 5. The molecule has 1 N–H and O–H groups in total. The van der Waals surface area contributed by atoms with Gasteiger partial charge in [0.2, 0.25) is 0 Å². The molecule has 0 aromatic rings. The molecule has 3 heteroatoms. The molecule has 0 saturated heterocycles. The van der Waals surface area contributed by atoms with Crippen molar-refractivity contribution in [2.24, 2.45) is 5.92 Å². The Balaban J connectivity index is 1.81. The molecular formula is C14H25N3. The second-order valence-electron chi connectivity index (χ2n) is 5.89. The highest BCUT2D eigenvalue weighted by molar-refractivity contribution is 4.98. The van der Waals surface area contributed by atoms with Crippen molar-refractivity contribution in [3.8, 4) is 6.07 Å². The molecule has 0 aliphatic heterocycles. The first-order valence-corrected chi connectivity index (χ1v) is 7.06. The first-order chi connectivity index (χ1) is 8.20. The van der Waals surface area contributed by atoms with Crippen LogP contribution in [0.5, 0.6) is 0 Å². The molecule has 0 amide bonds. The van der Waals surface area contributed by atoms with Crippen LogP contribution in [0.2, 0.25) is 0 Å². The van der Waals surface area contributed by atoms with E-state index in [-0.39, 0.29) is 6.04 Å². The Labute approximate surface area is 105 Å². The molecule has 0 spiro atoms. The maximum absolute atomic E-state index is 9.18. The largest absolute Gasteiger partial charge is 0.301 e. The first kappa shape index (κ1) is 12.9. The van der Waals surface area contributed by atoms with Crippen LogP contribution in [0, 0.1) is 17.2 Å². The van der Waals surface area contributed by atoms with E-state index in [1.165, 1.54) is 38.5 Å². The predicted octanol–water partition coefficient (Wildman–Crippen LogP) is 2.14. The van der Waals surface area contributed by atoms with E-state index in [2.05, 4.69) is 30.3 Å². The summed E-state index contributed by atoms with van der Waals surface area (Å²) in [6, 6.07) is 3.72. The van der Waals surface area contributed by atoms with E-state index in [0.29, 0.717) is 12.1 Å². The summed E-state index contributed by atoms with van der Waals surface area (Å²) in [7, 11) is 2.19. The summed E-state index contributed by atoms with van der Waals surface area (Å²) in [5.74, 6) is 0.786. The highest BCUT2D eigenvalue weighted by Gasteiger charge is 2.29. The highest BCUT2D eigenvalue weighted by Crippen LogP contribution is 2.27. The van der Waals surface area contributed by atoms with Crippen LogP contribution in [0.25, 0.3) is 0 Å². The van der Waals surface area contributed by atoms with Crippen LogP contribution in [0.3, 0.4) is 0 Å². The Hall–Kier alpha value is -0.590. The van der Waals surface area contributed by atoms with Gasteiger partial charge in [0.1, 0.15) is 6.04 Å². The lowest BCUT2D eigenvalue weighted by atomic mass is 9.85. The summed E-state index contributed by atoms with van der Waals surface area (Å²) in [5.41, 5.74) is 0. The molecular weight excluding hydrogens is 210 g/mol. The summed E-state index contributed by atoms with van der Waals surface area (Å²) < 4.78 is 0. The van der Waals surface area contributed by atoms with Gasteiger partial charge in [-0.15, -0.1) is 0 Å². The lowest BCUT2D eigenvalue weighted by Gasteiger charge is -2.37. The van der Waals surface area contributed by atoms with Crippen LogP contribution < -0.4 is 5.32 Å². The zero-order valence-electron chi connectivity index (χ0n) is 11.2. The van der Waals surface area contributed by atoms with Gasteiger partial charge in [0, 0.05) is 18.6 Å². The van der Waals surface area contributed by atoms with E-state index in [4.69, 9.17) is 0 Å². The molecule has 0 radical (unpaired) electrons. The van der Waals surface area contributed by atoms with Gasteiger partial charge < -0.3 is 4.90 Å². The van der Waals surface area contributed by atoms with E-state index in [9.17, 15) is 5.26 Å². The molecule has 0 aromatic carbocycles. The Morgan fingerprint density at radius 3 is 2.59 bits per heavy atom. The summed E-state index contributed by atoms with van der Waals surface area (Å²) >= 11 is 0. The molecule has 2 saturated carbocycles. The molecule has 2 aliphatic carbocycles. The Morgan fingerprint density at radius 1 is 1.29 bits per heavy atom. The van der Waals surface area contributed by atoms with Gasteiger partial charge in [-0.2, -0.15) is 5.26 Å². The van der Waals surface area contributed by atoms with E-state index in [0.717, 1.165) is 12.5 Å². The lowest BCUT2D eigenvalue weighted by Crippen LogP contribution is -2.46. The fraction of sp³-hybridized carbons (Fsp3) is 0.929. The van der Waals surface area contributed by atoms with Gasteiger partial charge in [0.15, 0.2) is 0 Å². The van der Waals surface area contributed by atoms with Gasteiger partial charge in [-0.05, 0) is 38.6 Å². The van der Waals surface area contributed by atoms with Gasteiger partial charge in [-0.25, -0.2) is 0 Å². The van der Waals surface area contributed by atoms with Crippen molar-refractivity contribution in [1.82, 2.24) is 10.2 Å². The standard InChI is InChI=1S/C14H25N3/c1-11-5-3-4-6-14(11)17(2)10-13(9-15)16-12-7-8-12/h11-14,16H,3-8,10H2,1-2H3. The van der Waals surface area contributed by atoms with Crippen molar-refractivity contribution < 1.29 is 0 Å². The number of nitrogens with zero attached hydrogens (tertiary/aromatic N) is 2. The van der Waals surface area contributed by atoms with Crippen LogP contribution in [-0.4, -0.2) is 36.6 Å². The number of likely N-dealkylation sites (N-methyl/N-ethyl adjacent to an activating group) is 1. The molecule has 3 unspecified atom stereocenters. The molecule has 3 atom stereocenters. The molecule has 96 valence electrons. The summed E-state index contributed by atoms with van der Waals surface area (Å²) in [6.45, 7) is 3.23. The van der Waals surface area contributed by atoms with Gasteiger partial charge >= 0.3 is 0 Å². The zero-order valence-corrected chi connectivity index (χ0v) is 11.2. The molecule has 2 aliphatic rings. The second-order valence-corrected chi connectivity index (χ2v) is 5.89. The Kier molecular flexibility index (Phi) is 4.42. The average Bonchev–Trinajstić information content (AvgIpc) is 3.12. The van der Waals surface area contributed by atoms with Crippen LogP contribution >= 0.6 is 0 Å². The van der Waals surface area contributed by atoms with Gasteiger partial charge in [-0.3, -0.25) is 5.32 Å². The molecule has 2 rings (SSSR count). The van der Waals surface area contributed by atoms with Gasteiger partial charge in [0.25, 0.3) is 0 Å². The summed E-state index contributed by atoms with van der Waals surface area (Å²) in [4.78, 5) is 2.41.